The molecule has 6 nitrogen and oxygen atoms in total. The van der Waals surface area contributed by atoms with Crippen molar-refractivity contribution in [1.29, 1.82) is 0 Å². The van der Waals surface area contributed by atoms with Gasteiger partial charge in [-0.25, -0.2) is 8.78 Å². The smallest absolute Gasteiger partial charge is 0.270 e. The van der Waals surface area contributed by atoms with Gasteiger partial charge in [0, 0.05) is 23.7 Å². The van der Waals surface area contributed by atoms with Crippen LogP contribution in [0.3, 0.4) is 0 Å². The quantitative estimate of drug-likeness (QED) is 0.494. The van der Waals surface area contributed by atoms with E-state index in [1.165, 1.54) is 29.3 Å². The van der Waals surface area contributed by atoms with E-state index in [4.69, 9.17) is 4.74 Å². The second-order valence-electron chi connectivity index (χ2n) is 8.03. The molecular weight excluding hydrogens is 440 g/mol. The summed E-state index contributed by atoms with van der Waals surface area (Å²) in [6, 6.07) is 20.1. The van der Waals surface area contributed by atoms with Crippen LogP contribution in [0.25, 0.3) is 11.1 Å². The second kappa shape index (κ2) is 9.05. The highest BCUT2D eigenvalue weighted by molar-refractivity contribution is 6.28. The number of hydrogen-bond donors (Lipinski definition) is 1. The van der Waals surface area contributed by atoms with Crippen LogP contribution in [-0.4, -0.2) is 24.6 Å². The van der Waals surface area contributed by atoms with Crippen molar-refractivity contribution in [2.24, 2.45) is 11.0 Å². The summed E-state index contributed by atoms with van der Waals surface area (Å²) in [4.78, 5) is 26.1. The monoisotopic (exact) mass is 463 g/mol. The zero-order chi connectivity index (χ0) is 24.5. The molecule has 0 fully saturated rings. The van der Waals surface area contributed by atoms with Crippen LogP contribution in [0.2, 0.25) is 0 Å². The zero-order valence-electron chi connectivity index (χ0n) is 18.9. The molecular formula is C26H23F2N3O3. The number of anilines is 2. The number of ether oxygens (including phenoxy) is 1. The largest absolute Gasteiger partial charge is 0.496 e. The summed E-state index contributed by atoms with van der Waals surface area (Å²) in [6.45, 7) is 2.36. The number of methoxy groups -OCH3 is 1. The van der Waals surface area contributed by atoms with Crippen molar-refractivity contribution in [2.45, 2.75) is 19.8 Å². The lowest BCUT2D eigenvalue weighted by molar-refractivity contribution is -0.127. The Balaban J connectivity index is 1.59. The van der Waals surface area contributed by atoms with Gasteiger partial charge in [0.05, 0.1) is 18.5 Å². The summed E-state index contributed by atoms with van der Waals surface area (Å²) in [5, 5.41) is 8.06. The van der Waals surface area contributed by atoms with E-state index in [0.29, 0.717) is 17.1 Å². The van der Waals surface area contributed by atoms with Crippen molar-refractivity contribution in [3.8, 4) is 16.9 Å². The number of nitrogens with one attached hydrogen (secondary N) is 1. The summed E-state index contributed by atoms with van der Waals surface area (Å²) in [5.74, 6) is -4.77. The van der Waals surface area contributed by atoms with Crippen LogP contribution in [-0.2, 0) is 15.5 Å². The van der Waals surface area contributed by atoms with E-state index in [-0.39, 0.29) is 11.3 Å². The number of hydrazone groups is 1. The third-order valence-electron chi connectivity index (χ3n) is 5.54. The maximum atomic E-state index is 13.6. The number of benzene rings is 3. The summed E-state index contributed by atoms with van der Waals surface area (Å²) in [5.41, 5.74) is 2.39. The highest BCUT2D eigenvalue weighted by Crippen LogP contribution is 2.35. The lowest BCUT2D eigenvalue weighted by Gasteiger charge is -2.17. The van der Waals surface area contributed by atoms with Crippen LogP contribution in [0.4, 0.5) is 20.2 Å². The zero-order valence-corrected chi connectivity index (χ0v) is 18.9. The first-order valence-electron chi connectivity index (χ1n) is 10.6. The number of rotatable bonds is 6. The van der Waals surface area contributed by atoms with E-state index in [1.807, 2.05) is 30.3 Å². The van der Waals surface area contributed by atoms with Crippen molar-refractivity contribution < 1.29 is 23.1 Å². The minimum absolute atomic E-state index is 0.180. The van der Waals surface area contributed by atoms with Gasteiger partial charge in [-0.15, -0.1) is 0 Å². The molecule has 1 N–H and O–H groups in total. The topological polar surface area (TPSA) is 71.0 Å². The van der Waals surface area contributed by atoms with Crippen molar-refractivity contribution in [3.63, 3.8) is 0 Å². The van der Waals surface area contributed by atoms with Crippen LogP contribution in [0.15, 0.2) is 77.9 Å². The first kappa shape index (κ1) is 23.1. The fourth-order valence-corrected chi connectivity index (χ4v) is 3.81. The normalized spacial score (nSPS) is 15.8. The van der Waals surface area contributed by atoms with E-state index in [9.17, 15) is 18.4 Å². The number of alkyl halides is 2. The van der Waals surface area contributed by atoms with Gasteiger partial charge in [0.1, 0.15) is 5.75 Å². The summed E-state index contributed by atoms with van der Waals surface area (Å²) in [7, 11) is 1.56. The van der Waals surface area contributed by atoms with Gasteiger partial charge in [-0.2, -0.15) is 10.1 Å². The van der Waals surface area contributed by atoms with Gasteiger partial charge in [0.2, 0.25) is 5.91 Å². The van der Waals surface area contributed by atoms with Gasteiger partial charge < -0.3 is 10.1 Å². The summed E-state index contributed by atoms with van der Waals surface area (Å²) < 4.78 is 32.8. The molecule has 0 saturated heterocycles. The number of carbonyl (C=O) groups excluding carboxylic acids is 2. The minimum Gasteiger partial charge on any atom is -0.496 e. The van der Waals surface area contributed by atoms with Gasteiger partial charge in [0.25, 0.3) is 11.8 Å². The van der Waals surface area contributed by atoms with Crippen molar-refractivity contribution in [1.82, 2.24) is 0 Å². The molecule has 1 unspecified atom stereocenters. The van der Waals surface area contributed by atoms with Crippen LogP contribution in [0.5, 0.6) is 5.75 Å². The maximum absolute atomic E-state index is 13.6. The van der Waals surface area contributed by atoms with Gasteiger partial charge in [0.15, 0.2) is 5.92 Å². The Morgan fingerprint density at radius 3 is 2.47 bits per heavy atom. The predicted molar refractivity (Wildman–Crippen MR) is 127 cm³/mol. The van der Waals surface area contributed by atoms with Crippen molar-refractivity contribution in [2.75, 3.05) is 17.4 Å². The molecule has 0 saturated carbocycles. The van der Waals surface area contributed by atoms with Gasteiger partial charge in [-0.1, -0.05) is 42.5 Å². The van der Waals surface area contributed by atoms with Crippen LogP contribution in [0, 0.1) is 5.92 Å². The number of carbonyl (C=O) groups is 2. The number of nitrogens with zero attached hydrogens (tertiary/aromatic N) is 2. The third-order valence-corrected chi connectivity index (χ3v) is 5.54. The Bertz CT molecular complexity index is 1270. The molecule has 1 aliphatic heterocycles. The highest BCUT2D eigenvalue weighted by Gasteiger charge is 2.40. The predicted octanol–water partition coefficient (Wildman–Crippen LogP) is 5.45. The first-order chi connectivity index (χ1) is 16.2. The molecule has 34 heavy (non-hydrogen) atoms. The molecule has 3 aromatic carbocycles. The first-order valence-corrected chi connectivity index (χ1v) is 10.6. The summed E-state index contributed by atoms with van der Waals surface area (Å²) in [6.07, 6.45) is 0. The van der Waals surface area contributed by atoms with E-state index in [1.54, 1.807) is 32.2 Å². The molecule has 0 aliphatic carbocycles. The lowest BCUT2D eigenvalue weighted by Crippen LogP contribution is -2.36. The van der Waals surface area contributed by atoms with Gasteiger partial charge in [-0.3, -0.25) is 9.59 Å². The number of halogens is 2. The van der Waals surface area contributed by atoms with Gasteiger partial charge in [-0.05, 0) is 42.8 Å². The Kier molecular flexibility index (Phi) is 6.15. The number of amides is 2. The van der Waals surface area contributed by atoms with E-state index < -0.39 is 23.7 Å². The molecule has 0 radical (unpaired) electrons. The minimum atomic E-state index is -3.05. The van der Waals surface area contributed by atoms with E-state index in [2.05, 4.69) is 10.4 Å². The Hall–Kier alpha value is -4.07. The van der Waals surface area contributed by atoms with Crippen LogP contribution in [0.1, 0.15) is 19.4 Å². The molecule has 0 aromatic heterocycles. The van der Waals surface area contributed by atoms with Crippen LogP contribution < -0.4 is 15.1 Å². The molecule has 1 atom stereocenters. The SMILES string of the molecule is COc1ccc(N2N=C(C)C(C(=O)Nc3cccc(C(C)(F)F)c3)C2=O)cc1-c1ccccc1. The molecule has 1 aliphatic rings. The summed E-state index contributed by atoms with van der Waals surface area (Å²) >= 11 is 0. The lowest BCUT2D eigenvalue weighted by atomic mass is 10.0. The fraction of sp³-hybridized carbons (Fsp3) is 0.192. The van der Waals surface area contributed by atoms with Crippen molar-refractivity contribution in [3.05, 3.63) is 78.4 Å². The van der Waals surface area contributed by atoms with E-state index >= 15 is 0 Å². The second-order valence-corrected chi connectivity index (χ2v) is 8.03. The molecule has 3 aromatic rings. The average Bonchev–Trinajstić information content (AvgIpc) is 3.12. The molecule has 1 heterocycles. The molecule has 174 valence electrons. The Labute approximate surface area is 195 Å². The molecule has 0 spiro atoms. The standard InChI is InChI=1S/C26H23F2N3O3/c1-16-23(24(32)29-19-11-7-10-18(14-19)26(2,27)28)25(33)31(30-16)20-12-13-22(34-3)21(15-20)17-8-5-4-6-9-17/h4-15,23H,1-3H3,(H,29,32). The number of hydrogen-bond acceptors (Lipinski definition) is 4. The average molecular weight is 463 g/mol. The van der Waals surface area contributed by atoms with Crippen LogP contribution >= 0.6 is 0 Å². The molecule has 4 rings (SSSR count). The Morgan fingerprint density at radius 2 is 1.79 bits per heavy atom. The molecule has 0 bridgehead atoms. The Morgan fingerprint density at radius 1 is 1.06 bits per heavy atom. The molecule has 8 heteroatoms. The van der Waals surface area contributed by atoms with Crippen molar-refractivity contribution >= 4 is 28.9 Å². The maximum Gasteiger partial charge on any atom is 0.270 e. The fourth-order valence-electron chi connectivity index (χ4n) is 3.81. The molecule has 2 amide bonds. The highest BCUT2D eigenvalue weighted by atomic mass is 19.3. The van der Waals surface area contributed by atoms with Gasteiger partial charge >= 0.3 is 0 Å². The third kappa shape index (κ3) is 4.52. The van der Waals surface area contributed by atoms with E-state index in [0.717, 1.165) is 18.1 Å².